The summed E-state index contributed by atoms with van der Waals surface area (Å²) in [7, 11) is 1.69. The van der Waals surface area contributed by atoms with E-state index in [0.29, 0.717) is 29.7 Å². The van der Waals surface area contributed by atoms with Gasteiger partial charge in [-0.25, -0.2) is 19.9 Å². The molecule has 28 heavy (non-hydrogen) atoms. The van der Waals surface area contributed by atoms with Crippen LogP contribution in [0.4, 0.5) is 19.0 Å². The lowest BCUT2D eigenvalue weighted by molar-refractivity contribution is -0.141. The van der Waals surface area contributed by atoms with E-state index in [1.807, 2.05) is 6.07 Å². The molecule has 0 saturated carbocycles. The van der Waals surface area contributed by atoms with Gasteiger partial charge in [-0.05, 0) is 24.8 Å². The van der Waals surface area contributed by atoms with Gasteiger partial charge in [0.05, 0.1) is 19.0 Å². The minimum atomic E-state index is -4.54. The molecule has 0 bridgehead atoms. The molecule has 0 aromatic carbocycles. The first-order chi connectivity index (χ1) is 13.5. The molecule has 1 saturated heterocycles. The minimum Gasteiger partial charge on any atom is -0.384 e. The van der Waals surface area contributed by atoms with E-state index in [9.17, 15) is 13.2 Å². The third kappa shape index (κ3) is 3.64. The van der Waals surface area contributed by atoms with Gasteiger partial charge in [-0.1, -0.05) is 0 Å². The summed E-state index contributed by atoms with van der Waals surface area (Å²) in [6.07, 6.45) is 2.68. The number of hydrogen-bond acceptors (Lipinski definition) is 6. The van der Waals surface area contributed by atoms with Gasteiger partial charge in [0.2, 0.25) is 0 Å². The molecule has 0 spiro atoms. The molecule has 1 fully saturated rings. The third-order valence-corrected chi connectivity index (χ3v) is 4.80. The Morgan fingerprint density at radius 2 is 2.07 bits per heavy atom. The molecule has 3 aromatic heterocycles. The number of piperidine rings is 1. The van der Waals surface area contributed by atoms with Gasteiger partial charge in [0, 0.05) is 32.6 Å². The topological polar surface area (TPSA) is 68.4 Å². The summed E-state index contributed by atoms with van der Waals surface area (Å²) >= 11 is 0. The van der Waals surface area contributed by atoms with Crippen LogP contribution in [0, 0.1) is 5.92 Å². The lowest BCUT2D eigenvalue weighted by Crippen LogP contribution is -2.37. The maximum atomic E-state index is 13.0. The molecular formula is C18H19F3N6O. The van der Waals surface area contributed by atoms with Gasteiger partial charge < -0.3 is 9.64 Å². The van der Waals surface area contributed by atoms with E-state index in [1.54, 1.807) is 13.3 Å². The van der Waals surface area contributed by atoms with Gasteiger partial charge in [0.1, 0.15) is 11.5 Å². The van der Waals surface area contributed by atoms with Crippen molar-refractivity contribution in [1.29, 1.82) is 0 Å². The first-order valence-corrected chi connectivity index (χ1v) is 8.93. The monoisotopic (exact) mass is 392 g/mol. The Labute approximate surface area is 159 Å². The van der Waals surface area contributed by atoms with E-state index in [1.165, 1.54) is 10.6 Å². The molecule has 0 aliphatic carbocycles. The smallest absolute Gasteiger partial charge is 0.384 e. The molecule has 10 heteroatoms. The Morgan fingerprint density at radius 3 is 2.86 bits per heavy atom. The van der Waals surface area contributed by atoms with Crippen molar-refractivity contribution in [3.63, 3.8) is 0 Å². The van der Waals surface area contributed by atoms with Crippen LogP contribution in [0.25, 0.3) is 17.2 Å². The van der Waals surface area contributed by atoms with Crippen LogP contribution >= 0.6 is 0 Å². The largest absolute Gasteiger partial charge is 0.434 e. The van der Waals surface area contributed by atoms with Crippen LogP contribution in [0.3, 0.4) is 0 Å². The first-order valence-electron chi connectivity index (χ1n) is 8.93. The SMILES string of the molecule is COCC1CCCN(c2ccnc(-c3cnc4cnc(C(F)(F)F)cn34)n2)C1. The summed E-state index contributed by atoms with van der Waals surface area (Å²) in [5, 5.41) is 0. The van der Waals surface area contributed by atoms with Crippen molar-refractivity contribution < 1.29 is 17.9 Å². The summed E-state index contributed by atoms with van der Waals surface area (Å²) in [6.45, 7) is 2.38. The molecule has 1 unspecified atom stereocenters. The lowest BCUT2D eigenvalue weighted by atomic mass is 9.99. The summed E-state index contributed by atoms with van der Waals surface area (Å²) in [5.41, 5.74) is -0.306. The lowest BCUT2D eigenvalue weighted by Gasteiger charge is -2.33. The number of halogens is 3. The zero-order valence-corrected chi connectivity index (χ0v) is 15.2. The van der Waals surface area contributed by atoms with Crippen molar-refractivity contribution in [1.82, 2.24) is 24.3 Å². The highest BCUT2D eigenvalue weighted by atomic mass is 19.4. The molecular weight excluding hydrogens is 373 g/mol. The molecule has 7 nitrogen and oxygen atoms in total. The number of alkyl halides is 3. The quantitative estimate of drug-likeness (QED) is 0.680. The molecule has 0 amide bonds. The zero-order valence-electron chi connectivity index (χ0n) is 15.2. The number of aromatic nitrogens is 5. The van der Waals surface area contributed by atoms with Crippen molar-refractivity contribution in [2.24, 2.45) is 5.92 Å². The van der Waals surface area contributed by atoms with Crippen molar-refractivity contribution in [3.05, 3.63) is 36.5 Å². The zero-order chi connectivity index (χ0) is 19.7. The second kappa shape index (κ2) is 7.34. The minimum absolute atomic E-state index is 0.301. The van der Waals surface area contributed by atoms with Gasteiger partial charge >= 0.3 is 6.18 Å². The fraction of sp³-hybridized carbons (Fsp3) is 0.444. The van der Waals surface area contributed by atoms with Crippen LogP contribution in [-0.4, -0.2) is 51.1 Å². The van der Waals surface area contributed by atoms with Crippen LogP contribution in [-0.2, 0) is 10.9 Å². The van der Waals surface area contributed by atoms with Crippen LogP contribution in [0.2, 0.25) is 0 Å². The summed E-state index contributed by atoms with van der Waals surface area (Å²) < 4.78 is 45.6. The highest BCUT2D eigenvalue weighted by molar-refractivity contribution is 5.58. The van der Waals surface area contributed by atoms with Gasteiger partial charge in [0.15, 0.2) is 17.2 Å². The maximum Gasteiger partial charge on any atom is 0.434 e. The molecule has 148 valence electrons. The summed E-state index contributed by atoms with van der Waals surface area (Å²) in [6, 6.07) is 1.81. The second-order valence-corrected chi connectivity index (χ2v) is 6.79. The Bertz CT molecular complexity index is 971. The average molecular weight is 392 g/mol. The number of ether oxygens (including phenoxy) is 1. The van der Waals surface area contributed by atoms with Crippen molar-refractivity contribution in [2.75, 3.05) is 31.7 Å². The average Bonchev–Trinajstić information content (AvgIpc) is 3.11. The van der Waals surface area contributed by atoms with Crippen LogP contribution in [0.15, 0.2) is 30.9 Å². The molecule has 1 atom stereocenters. The molecule has 1 aliphatic rings. The van der Waals surface area contributed by atoms with Gasteiger partial charge in [-0.15, -0.1) is 0 Å². The van der Waals surface area contributed by atoms with Crippen LogP contribution < -0.4 is 4.90 Å². The molecule has 1 aliphatic heterocycles. The fourth-order valence-electron chi connectivity index (χ4n) is 3.49. The number of rotatable bonds is 4. The Morgan fingerprint density at radius 1 is 1.21 bits per heavy atom. The van der Waals surface area contributed by atoms with Crippen LogP contribution in [0.5, 0.6) is 0 Å². The number of fused-ring (bicyclic) bond motifs is 1. The van der Waals surface area contributed by atoms with Crippen LogP contribution in [0.1, 0.15) is 18.5 Å². The Hall–Kier alpha value is -2.75. The van der Waals surface area contributed by atoms with E-state index >= 15 is 0 Å². The van der Waals surface area contributed by atoms with E-state index in [2.05, 4.69) is 24.8 Å². The number of anilines is 1. The summed E-state index contributed by atoms with van der Waals surface area (Å²) in [5.74, 6) is 1.48. The van der Waals surface area contributed by atoms with Crippen molar-refractivity contribution in [3.8, 4) is 11.5 Å². The highest BCUT2D eigenvalue weighted by Gasteiger charge is 2.33. The van der Waals surface area contributed by atoms with E-state index in [-0.39, 0.29) is 0 Å². The number of methoxy groups -OCH3 is 1. The first kappa shape index (κ1) is 18.6. The molecule has 3 aromatic rings. The normalized spacial score (nSPS) is 18.0. The van der Waals surface area contributed by atoms with Gasteiger partial charge in [0.25, 0.3) is 0 Å². The Balaban J connectivity index is 1.68. The molecule has 0 radical (unpaired) electrons. The molecule has 4 heterocycles. The molecule has 0 N–H and O–H groups in total. The van der Waals surface area contributed by atoms with Gasteiger partial charge in [-0.3, -0.25) is 4.40 Å². The molecule has 4 rings (SSSR count). The number of imidazole rings is 1. The highest BCUT2D eigenvalue weighted by Crippen LogP contribution is 2.29. The predicted octanol–water partition coefficient (Wildman–Crippen LogP) is 3.07. The van der Waals surface area contributed by atoms with E-state index in [4.69, 9.17) is 4.74 Å². The predicted molar refractivity (Wildman–Crippen MR) is 95.8 cm³/mol. The third-order valence-electron chi connectivity index (χ3n) is 4.80. The number of nitrogens with zero attached hydrogens (tertiary/aromatic N) is 6. The summed E-state index contributed by atoms with van der Waals surface area (Å²) in [4.78, 5) is 18.5. The van der Waals surface area contributed by atoms with E-state index in [0.717, 1.165) is 44.1 Å². The van der Waals surface area contributed by atoms with Crippen molar-refractivity contribution >= 4 is 11.5 Å². The second-order valence-electron chi connectivity index (χ2n) is 6.79. The maximum absolute atomic E-state index is 13.0. The van der Waals surface area contributed by atoms with E-state index < -0.39 is 11.9 Å². The van der Waals surface area contributed by atoms with Gasteiger partial charge in [-0.2, -0.15) is 13.2 Å². The fourth-order valence-corrected chi connectivity index (χ4v) is 3.49. The van der Waals surface area contributed by atoms with Crippen molar-refractivity contribution in [2.45, 2.75) is 19.0 Å². The number of hydrogen-bond donors (Lipinski definition) is 0. The standard InChI is InChI=1S/C18H19F3N6O/c1-28-11-12-3-2-6-26(9-12)15-4-5-22-17(25-15)13-7-24-16-8-23-14(10-27(13)16)18(19,20)21/h4-5,7-8,10,12H,2-3,6,9,11H2,1H3. The Kier molecular flexibility index (Phi) is 4.88.